The molecule has 0 aromatic rings. The van der Waals surface area contributed by atoms with Crippen LogP contribution in [-0.4, -0.2) is 13.1 Å². The fourth-order valence-electron chi connectivity index (χ4n) is 4.60. The minimum absolute atomic E-state index is 0.0695. The van der Waals surface area contributed by atoms with Crippen LogP contribution in [0.15, 0.2) is 71.0 Å². The van der Waals surface area contributed by atoms with Crippen molar-refractivity contribution >= 4 is 0 Å². The largest absolute Gasteiger partial charge is 0.402 e. The Hall–Kier alpha value is -1.80. The lowest BCUT2D eigenvalue weighted by Gasteiger charge is -2.41. The highest BCUT2D eigenvalue weighted by molar-refractivity contribution is 5.44. The second-order valence-corrected chi connectivity index (χ2v) is 8.49. The fourth-order valence-corrected chi connectivity index (χ4v) is 4.60. The molecule has 1 saturated heterocycles. The van der Waals surface area contributed by atoms with E-state index < -0.39 is 0 Å². The fraction of sp³-hybridized carbons (Fsp3) is 0.520. The zero-order valence-corrected chi connectivity index (χ0v) is 17.9. The van der Waals surface area contributed by atoms with Gasteiger partial charge in [-0.3, -0.25) is 0 Å². The van der Waals surface area contributed by atoms with Gasteiger partial charge in [-0.15, -0.1) is 0 Å². The third-order valence-corrected chi connectivity index (χ3v) is 6.37. The van der Waals surface area contributed by atoms with Crippen LogP contribution in [0.3, 0.4) is 0 Å². The number of hydrogen-bond acceptors (Lipinski definition) is 2. The Bertz CT molecular complexity index is 698. The maximum Gasteiger partial charge on any atom is 0.0133 e. The second kappa shape index (κ2) is 9.41. The van der Waals surface area contributed by atoms with Gasteiger partial charge in [0.1, 0.15) is 0 Å². The van der Waals surface area contributed by atoms with Gasteiger partial charge in [-0.1, -0.05) is 74.4 Å². The summed E-state index contributed by atoms with van der Waals surface area (Å²) in [5.41, 5.74) is 12.5. The molecule has 0 bridgehead atoms. The van der Waals surface area contributed by atoms with E-state index in [1.165, 1.54) is 17.6 Å². The average Bonchev–Trinajstić information content (AvgIpc) is 2.62. The third-order valence-electron chi connectivity index (χ3n) is 6.37. The van der Waals surface area contributed by atoms with Gasteiger partial charge in [0.15, 0.2) is 0 Å². The van der Waals surface area contributed by atoms with E-state index in [0.29, 0.717) is 11.8 Å². The van der Waals surface area contributed by atoms with E-state index in [4.69, 9.17) is 5.73 Å². The van der Waals surface area contributed by atoms with Crippen molar-refractivity contribution in [2.75, 3.05) is 13.1 Å². The van der Waals surface area contributed by atoms with E-state index in [-0.39, 0.29) is 5.41 Å². The highest BCUT2D eigenvalue weighted by Gasteiger charge is 2.36. The van der Waals surface area contributed by atoms with Gasteiger partial charge in [-0.2, -0.15) is 0 Å². The summed E-state index contributed by atoms with van der Waals surface area (Å²) in [6.07, 6.45) is 16.4. The normalized spacial score (nSPS) is 30.6. The number of piperidine rings is 1. The lowest BCUT2D eigenvalue weighted by Crippen LogP contribution is -2.37. The first-order chi connectivity index (χ1) is 12.8. The molecule has 2 rings (SSSR count). The van der Waals surface area contributed by atoms with Crippen molar-refractivity contribution in [3.05, 3.63) is 71.0 Å². The van der Waals surface area contributed by atoms with Crippen molar-refractivity contribution in [1.82, 2.24) is 5.32 Å². The van der Waals surface area contributed by atoms with Gasteiger partial charge >= 0.3 is 0 Å². The summed E-state index contributed by atoms with van der Waals surface area (Å²) in [6, 6.07) is 0. The molecular formula is C25H38N2. The summed E-state index contributed by atoms with van der Waals surface area (Å²) >= 11 is 0. The lowest BCUT2D eigenvalue weighted by atomic mass is 9.64. The Morgan fingerprint density at radius 1 is 1.37 bits per heavy atom. The first-order valence-corrected chi connectivity index (χ1v) is 10.4. The zero-order chi connectivity index (χ0) is 20.0. The van der Waals surface area contributed by atoms with Crippen LogP contribution in [0.4, 0.5) is 0 Å². The molecule has 0 aromatic carbocycles. The molecule has 3 unspecified atom stereocenters. The topological polar surface area (TPSA) is 38.0 Å². The van der Waals surface area contributed by atoms with E-state index in [2.05, 4.69) is 57.8 Å². The Kier molecular flexibility index (Phi) is 7.49. The second-order valence-electron chi connectivity index (χ2n) is 8.49. The summed E-state index contributed by atoms with van der Waals surface area (Å²) in [6.45, 7) is 17.4. The van der Waals surface area contributed by atoms with Crippen molar-refractivity contribution in [2.45, 2.75) is 53.9 Å². The van der Waals surface area contributed by atoms with E-state index in [1.807, 2.05) is 25.2 Å². The number of nitrogens with two attached hydrogens (primary N) is 1. The standard InChI is InChI=1S/C25H38N2/c1-7-9-21(14-20(5)26)15-23(8-2)25(6)16-22(11-10-19(25)4)24-12-13-27-17-18(24)3/h7,9-11,14-15,18,24,27H,1,8,12-13,16-17,26H2,2-6H3/b20-14+,21-9+,23-15+. The van der Waals surface area contributed by atoms with Crippen molar-refractivity contribution < 1.29 is 0 Å². The van der Waals surface area contributed by atoms with E-state index in [1.54, 1.807) is 5.57 Å². The molecule has 1 aliphatic heterocycles. The number of allylic oxidation sites excluding steroid dienone is 11. The zero-order valence-electron chi connectivity index (χ0n) is 17.9. The Morgan fingerprint density at radius 3 is 2.70 bits per heavy atom. The highest BCUT2D eigenvalue weighted by Crippen LogP contribution is 2.48. The van der Waals surface area contributed by atoms with E-state index >= 15 is 0 Å². The van der Waals surface area contributed by atoms with Crippen LogP contribution in [-0.2, 0) is 0 Å². The summed E-state index contributed by atoms with van der Waals surface area (Å²) in [5.74, 6) is 1.40. The smallest absolute Gasteiger partial charge is 0.0133 e. The predicted molar refractivity (Wildman–Crippen MR) is 119 cm³/mol. The van der Waals surface area contributed by atoms with Gasteiger partial charge in [0.05, 0.1) is 0 Å². The van der Waals surface area contributed by atoms with Gasteiger partial charge in [-0.25, -0.2) is 0 Å². The molecule has 27 heavy (non-hydrogen) atoms. The average molecular weight is 367 g/mol. The Balaban J connectivity index is 2.38. The monoisotopic (exact) mass is 366 g/mol. The van der Waals surface area contributed by atoms with Crippen LogP contribution < -0.4 is 11.1 Å². The minimum atomic E-state index is 0.0695. The van der Waals surface area contributed by atoms with Crippen LogP contribution >= 0.6 is 0 Å². The van der Waals surface area contributed by atoms with Gasteiger partial charge in [0, 0.05) is 11.1 Å². The molecule has 2 aliphatic rings. The Morgan fingerprint density at radius 2 is 2.11 bits per heavy atom. The third kappa shape index (κ3) is 5.13. The van der Waals surface area contributed by atoms with Gasteiger partial charge < -0.3 is 11.1 Å². The molecule has 1 heterocycles. The molecule has 2 nitrogen and oxygen atoms in total. The number of nitrogens with one attached hydrogen (secondary N) is 1. The first kappa shape index (κ1) is 21.5. The van der Waals surface area contributed by atoms with E-state index in [0.717, 1.165) is 37.2 Å². The minimum Gasteiger partial charge on any atom is -0.402 e. The molecule has 0 aromatic heterocycles. The number of hydrogen-bond donors (Lipinski definition) is 2. The molecule has 0 amide bonds. The first-order valence-electron chi connectivity index (χ1n) is 10.4. The molecule has 2 heteroatoms. The molecule has 3 N–H and O–H groups in total. The molecular weight excluding hydrogens is 328 g/mol. The van der Waals surface area contributed by atoms with E-state index in [9.17, 15) is 0 Å². The van der Waals surface area contributed by atoms with Crippen LogP contribution in [0.1, 0.15) is 53.9 Å². The molecule has 148 valence electrons. The van der Waals surface area contributed by atoms with Crippen molar-refractivity contribution in [1.29, 1.82) is 0 Å². The lowest BCUT2D eigenvalue weighted by molar-refractivity contribution is 0.290. The molecule has 0 spiro atoms. The quantitative estimate of drug-likeness (QED) is 0.581. The van der Waals surface area contributed by atoms with Crippen LogP contribution in [0.2, 0.25) is 0 Å². The van der Waals surface area contributed by atoms with Crippen molar-refractivity contribution in [3.8, 4) is 0 Å². The maximum absolute atomic E-state index is 5.94. The molecule has 0 radical (unpaired) electrons. The van der Waals surface area contributed by atoms with Crippen LogP contribution in [0.5, 0.6) is 0 Å². The summed E-state index contributed by atoms with van der Waals surface area (Å²) in [4.78, 5) is 0. The summed E-state index contributed by atoms with van der Waals surface area (Å²) < 4.78 is 0. The molecule has 1 fully saturated rings. The van der Waals surface area contributed by atoms with Gasteiger partial charge in [-0.05, 0) is 69.7 Å². The predicted octanol–water partition coefficient (Wildman–Crippen LogP) is 5.83. The summed E-state index contributed by atoms with van der Waals surface area (Å²) in [5, 5.41) is 3.54. The molecule has 3 atom stereocenters. The summed E-state index contributed by atoms with van der Waals surface area (Å²) in [7, 11) is 0. The molecule has 1 aliphatic carbocycles. The SMILES string of the molecule is C=C/C=C(\C=C(/C)N)/C=C(\CC)C1(C)CC(C2CCNCC2C)=CC=C1C. The van der Waals surface area contributed by atoms with Crippen molar-refractivity contribution in [2.24, 2.45) is 23.0 Å². The van der Waals surface area contributed by atoms with Crippen LogP contribution in [0.25, 0.3) is 0 Å². The van der Waals surface area contributed by atoms with Gasteiger partial charge in [0.2, 0.25) is 0 Å². The van der Waals surface area contributed by atoms with Gasteiger partial charge in [0.25, 0.3) is 0 Å². The number of rotatable bonds is 6. The van der Waals surface area contributed by atoms with Crippen molar-refractivity contribution in [3.63, 3.8) is 0 Å². The highest BCUT2D eigenvalue weighted by atomic mass is 14.9. The maximum atomic E-state index is 5.94. The van der Waals surface area contributed by atoms with Crippen LogP contribution in [0, 0.1) is 17.3 Å². The Labute approximate surface area is 166 Å². The molecule has 0 saturated carbocycles.